The lowest BCUT2D eigenvalue weighted by molar-refractivity contribution is -0.146. The topological polar surface area (TPSA) is 93.1 Å². The Morgan fingerprint density at radius 3 is 3.00 bits per heavy atom. The molecule has 1 N–H and O–H groups in total. The Balaban J connectivity index is 1.68. The van der Waals surface area contributed by atoms with Crippen LogP contribution in [0.25, 0.3) is 11.0 Å². The summed E-state index contributed by atoms with van der Waals surface area (Å²) in [7, 11) is 3.20. The second-order valence-corrected chi connectivity index (χ2v) is 7.08. The van der Waals surface area contributed by atoms with Crippen molar-refractivity contribution in [3.63, 3.8) is 0 Å². The molecule has 134 valence electrons. The first-order valence-electron chi connectivity index (χ1n) is 8.83. The molecule has 8 heteroatoms. The van der Waals surface area contributed by atoms with Crippen LogP contribution in [0.3, 0.4) is 0 Å². The highest BCUT2D eigenvalue weighted by atomic mass is 16.5. The highest BCUT2D eigenvalue weighted by Crippen LogP contribution is 2.40. The van der Waals surface area contributed by atoms with Crippen molar-refractivity contribution in [3.05, 3.63) is 22.4 Å². The number of aryl methyl sites for hydroxylation is 1. The number of ether oxygens (including phenoxy) is 1. The van der Waals surface area contributed by atoms with Gasteiger partial charge in [-0.1, -0.05) is 12.8 Å². The summed E-state index contributed by atoms with van der Waals surface area (Å²) in [6, 6.07) is 0.0935. The third-order valence-corrected chi connectivity index (χ3v) is 5.68. The minimum atomic E-state index is -0.259. The lowest BCUT2D eigenvalue weighted by Gasteiger charge is -2.32. The van der Waals surface area contributed by atoms with E-state index in [-0.39, 0.29) is 17.6 Å². The van der Waals surface area contributed by atoms with Crippen molar-refractivity contribution in [1.82, 2.24) is 24.6 Å². The maximum atomic E-state index is 12.3. The maximum Gasteiger partial charge on any atom is 0.323 e. The number of hydrogen-bond acceptors (Lipinski definition) is 6. The molecule has 1 saturated heterocycles. The van der Waals surface area contributed by atoms with Crippen LogP contribution >= 0.6 is 0 Å². The Morgan fingerprint density at radius 1 is 1.40 bits per heavy atom. The first-order valence-corrected chi connectivity index (χ1v) is 8.83. The third-order valence-electron chi connectivity index (χ3n) is 5.68. The number of aromatic amines is 1. The molecule has 0 bridgehead atoms. The zero-order chi connectivity index (χ0) is 17.6. The Labute approximate surface area is 145 Å². The number of carbonyl (C=O) groups excluding carboxylic acids is 1. The second kappa shape index (κ2) is 6.25. The van der Waals surface area contributed by atoms with Crippen LogP contribution in [0.15, 0.2) is 11.0 Å². The van der Waals surface area contributed by atoms with Gasteiger partial charge in [0.05, 0.1) is 19.9 Å². The molecule has 1 saturated carbocycles. The van der Waals surface area contributed by atoms with Crippen molar-refractivity contribution in [1.29, 1.82) is 0 Å². The van der Waals surface area contributed by atoms with Crippen molar-refractivity contribution < 1.29 is 9.53 Å². The van der Waals surface area contributed by atoms with E-state index in [0.29, 0.717) is 35.4 Å². The fraction of sp³-hybridized carbons (Fsp3) is 0.647. The van der Waals surface area contributed by atoms with Gasteiger partial charge in [0.25, 0.3) is 5.56 Å². The molecule has 2 fully saturated rings. The molecule has 4 rings (SSSR count). The van der Waals surface area contributed by atoms with E-state index in [1.54, 1.807) is 11.7 Å². The van der Waals surface area contributed by atoms with Gasteiger partial charge in [-0.2, -0.15) is 5.10 Å². The average molecular weight is 345 g/mol. The zero-order valence-corrected chi connectivity index (χ0v) is 14.6. The quantitative estimate of drug-likeness (QED) is 0.833. The van der Waals surface area contributed by atoms with Gasteiger partial charge in [-0.3, -0.25) is 19.2 Å². The lowest BCUT2D eigenvalue weighted by atomic mass is 9.85. The first kappa shape index (κ1) is 16.3. The van der Waals surface area contributed by atoms with Gasteiger partial charge in [0.15, 0.2) is 5.65 Å². The summed E-state index contributed by atoms with van der Waals surface area (Å²) in [4.78, 5) is 34.2. The molecule has 3 unspecified atom stereocenters. The molecule has 0 aromatic carbocycles. The van der Waals surface area contributed by atoms with Gasteiger partial charge < -0.3 is 9.72 Å². The average Bonchev–Trinajstić information content (AvgIpc) is 3.16. The van der Waals surface area contributed by atoms with Crippen molar-refractivity contribution in [2.24, 2.45) is 13.0 Å². The van der Waals surface area contributed by atoms with Gasteiger partial charge in [0, 0.05) is 13.1 Å². The van der Waals surface area contributed by atoms with Gasteiger partial charge in [-0.25, -0.2) is 4.98 Å². The predicted molar refractivity (Wildman–Crippen MR) is 90.8 cm³/mol. The number of rotatable bonds is 3. The number of carbonyl (C=O) groups is 1. The normalized spacial score (nSPS) is 26.7. The molecule has 3 atom stereocenters. The third kappa shape index (κ3) is 2.74. The molecule has 0 amide bonds. The SMILES string of the molecule is COC(=O)C1CC2CCCCC2N1Cc1nc2c(cnn2C)c(=O)[nH]1. The van der Waals surface area contributed by atoms with Crippen molar-refractivity contribution >= 4 is 17.0 Å². The molecular formula is C17H23N5O3. The smallest absolute Gasteiger partial charge is 0.323 e. The Morgan fingerprint density at radius 2 is 2.20 bits per heavy atom. The van der Waals surface area contributed by atoms with Crippen LogP contribution in [0.5, 0.6) is 0 Å². The molecule has 2 aromatic heterocycles. The maximum absolute atomic E-state index is 12.3. The molecule has 0 spiro atoms. The second-order valence-electron chi connectivity index (χ2n) is 7.08. The van der Waals surface area contributed by atoms with E-state index < -0.39 is 0 Å². The van der Waals surface area contributed by atoms with E-state index in [2.05, 4.69) is 20.0 Å². The van der Waals surface area contributed by atoms with Gasteiger partial charge in [-0.15, -0.1) is 0 Å². The molecule has 8 nitrogen and oxygen atoms in total. The number of aromatic nitrogens is 4. The summed E-state index contributed by atoms with van der Waals surface area (Å²) < 4.78 is 6.62. The van der Waals surface area contributed by atoms with Crippen molar-refractivity contribution in [2.75, 3.05) is 7.11 Å². The van der Waals surface area contributed by atoms with Crippen LogP contribution in [-0.4, -0.2) is 49.8 Å². The first-order chi connectivity index (χ1) is 12.1. The van der Waals surface area contributed by atoms with E-state index in [9.17, 15) is 9.59 Å². The minimum Gasteiger partial charge on any atom is -0.468 e. The fourth-order valence-corrected chi connectivity index (χ4v) is 4.47. The number of H-pyrrole nitrogens is 1. The van der Waals surface area contributed by atoms with Crippen LogP contribution in [0.2, 0.25) is 0 Å². The lowest BCUT2D eigenvalue weighted by Crippen LogP contribution is -2.42. The number of esters is 1. The van der Waals surface area contributed by atoms with Gasteiger partial charge >= 0.3 is 5.97 Å². The summed E-state index contributed by atoms with van der Waals surface area (Å²) in [6.07, 6.45) is 6.98. The number of likely N-dealkylation sites (tertiary alicyclic amines) is 1. The summed E-state index contributed by atoms with van der Waals surface area (Å²) in [5, 5.41) is 4.58. The standard InChI is InChI=1S/C17H23N5O3/c1-21-15-11(8-18-21)16(23)20-14(19-15)9-22-12-6-4-3-5-10(12)7-13(22)17(24)25-2/h8,10,12-13H,3-7,9H2,1-2H3,(H,19,20,23). The van der Waals surface area contributed by atoms with E-state index in [4.69, 9.17) is 4.74 Å². The summed E-state index contributed by atoms with van der Waals surface area (Å²) in [6.45, 7) is 0.442. The number of nitrogens with one attached hydrogen (secondary N) is 1. The number of fused-ring (bicyclic) bond motifs is 2. The molecule has 0 radical (unpaired) electrons. The van der Waals surface area contributed by atoms with Crippen LogP contribution < -0.4 is 5.56 Å². The van der Waals surface area contributed by atoms with E-state index in [1.807, 2.05) is 0 Å². The molecule has 2 aliphatic rings. The number of methoxy groups -OCH3 is 1. The van der Waals surface area contributed by atoms with E-state index >= 15 is 0 Å². The van der Waals surface area contributed by atoms with Gasteiger partial charge in [-0.05, 0) is 25.2 Å². The Kier molecular flexibility index (Phi) is 4.07. The summed E-state index contributed by atoms with van der Waals surface area (Å²) in [5.41, 5.74) is 0.370. The number of hydrogen-bond donors (Lipinski definition) is 1. The van der Waals surface area contributed by atoms with Crippen LogP contribution in [-0.2, 0) is 23.1 Å². The highest BCUT2D eigenvalue weighted by Gasteiger charge is 2.45. The fourth-order valence-electron chi connectivity index (χ4n) is 4.47. The minimum absolute atomic E-state index is 0.192. The number of nitrogens with zero attached hydrogens (tertiary/aromatic N) is 4. The monoisotopic (exact) mass is 345 g/mol. The van der Waals surface area contributed by atoms with Gasteiger partial charge in [0.1, 0.15) is 17.3 Å². The summed E-state index contributed by atoms with van der Waals surface area (Å²) in [5.74, 6) is 0.893. The Bertz CT molecular complexity index is 858. The van der Waals surface area contributed by atoms with E-state index in [0.717, 1.165) is 19.3 Å². The van der Waals surface area contributed by atoms with Crippen LogP contribution in [0.1, 0.15) is 37.9 Å². The molecular weight excluding hydrogens is 322 g/mol. The largest absolute Gasteiger partial charge is 0.468 e. The molecule has 25 heavy (non-hydrogen) atoms. The molecule has 2 aromatic rings. The van der Waals surface area contributed by atoms with Crippen molar-refractivity contribution in [2.45, 2.75) is 50.7 Å². The van der Waals surface area contributed by atoms with Crippen molar-refractivity contribution in [3.8, 4) is 0 Å². The predicted octanol–water partition coefficient (Wildman–Crippen LogP) is 0.963. The molecule has 3 heterocycles. The van der Waals surface area contributed by atoms with Crippen LogP contribution in [0.4, 0.5) is 0 Å². The zero-order valence-electron chi connectivity index (χ0n) is 14.6. The highest BCUT2D eigenvalue weighted by molar-refractivity contribution is 5.76. The Hall–Kier alpha value is -2.22. The van der Waals surface area contributed by atoms with Crippen LogP contribution in [0, 0.1) is 5.92 Å². The molecule has 1 aliphatic heterocycles. The summed E-state index contributed by atoms with van der Waals surface area (Å²) >= 11 is 0. The van der Waals surface area contributed by atoms with Gasteiger partial charge in [0.2, 0.25) is 0 Å². The molecule has 1 aliphatic carbocycles. The van der Waals surface area contributed by atoms with E-state index in [1.165, 1.54) is 26.1 Å².